The second kappa shape index (κ2) is 5.51. The van der Waals surface area contributed by atoms with Crippen molar-refractivity contribution in [3.63, 3.8) is 0 Å². The fourth-order valence-corrected chi connectivity index (χ4v) is 4.35. The van der Waals surface area contributed by atoms with Crippen molar-refractivity contribution in [2.75, 3.05) is 6.61 Å². The lowest BCUT2D eigenvalue weighted by molar-refractivity contribution is -0.120. The first-order valence-corrected chi connectivity index (χ1v) is 8.38. The van der Waals surface area contributed by atoms with E-state index in [4.69, 9.17) is 10.5 Å². The summed E-state index contributed by atoms with van der Waals surface area (Å²) in [6.45, 7) is 2.93. The maximum atomic E-state index is 6.46. The van der Waals surface area contributed by atoms with Crippen molar-refractivity contribution in [1.29, 1.82) is 0 Å². The summed E-state index contributed by atoms with van der Waals surface area (Å²) < 4.78 is 6.15. The molecule has 0 radical (unpaired) electrons. The van der Waals surface area contributed by atoms with Crippen LogP contribution < -0.4 is 5.73 Å². The Morgan fingerprint density at radius 2 is 2.21 bits per heavy atom. The summed E-state index contributed by atoms with van der Waals surface area (Å²) in [5.74, 6) is 0.536. The van der Waals surface area contributed by atoms with E-state index >= 15 is 0 Å². The minimum Gasteiger partial charge on any atom is -0.375 e. The first kappa shape index (κ1) is 13.5. The Morgan fingerprint density at radius 1 is 1.42 bits per heavy atom. The van der Waals surface area contributed by atoms with Crippen LogP contribution in [0.5, 0.6) is 0 Å². The number of thiazole rings is 1. The maximum Gasteiger partial charge on any atom is 0.0898 e. The van der Waals surface area contributed by atoms with Gasteiger partial charge in [-0.3, -0.25) is 0 Å². The highest BCUT2D eigenvalue weighted by atomic mass is 32.1. The van der Waals surface area contributed by atoms with E-state index in [9.17, 15) is 0 Å². The number of ether oxygens (including phenoxy) is 1. The van der Waals surface area contributed by atoms with Crippen molar-refractivity contribution in [3.8, 4) is 0 Å². The maximum absolute atomic E-state index is 6.46. The second-order valence-corrected chi connectivity index (χ2v) is 7.22. The first-order valence-electron chi connectivity index (χ1n) is 7.50. The minimum absolute atomic E-state index is 0.0904. The lowest BCUT2D eigenvalue weighted by Gasteiger charge is -2.44. The molecular weight excluding hydrogens is 256 g/mol. The van der Waals surface area contributed by atoms with E-state index in [1.54, 1.807) is 11.3 Å². The van der Waals surface area contributed by atoms with Gasteiger partial charge in [0.05, 0.1) is 22.3 Å². The molecule has 2 N–H and O–H groups in total. The SMILES string of the molecule is Cc1nc(C(N)C2CCOC3(CCCCC3)C2)cs1. The molecule has 2 atom stereocenters. The Balaban J connectivity index is 1.70. The van der Waals surface area contributed by atoms with Crippen molar-refractivity contribution >= 4 is 11.3 Å². The summed E-state index contributed by atoms with van der Waals surface area (Å²) in [6.07, 6.45) is 8.67. The van der Waals surface area contributed by atoms with Gasteiger partial charge in [0.2, 0.25) is 0 Å². The van der Waals surface area contributed by atoms with Crippen LogP contribution in [0, 0.1) is 12.8 Å². The zero-order valence-corrected chi connectivity index (χ0v) is 12.5. The summed E-state index contributed by atoms with van der Waals surface area (Å²) in [6, 6.07) is 0.0904. The Kier molecular flexibility index (Phi) is 3.92. The molecule has 2 heterocycles. The number of rotatable bonds is 2. The molecule has 1 saturated heterocycles. The molecule has 1 saturated carbocycles. The summed E-state index contributed by atoms with van der Waals surface area (Å²) >= 11 is 1.70. The highest BCUT2D eigenvalue weighted by Crippen LogP contribution is 2.43. The van der Waals surface area contributed by atoms with Gasteiger partial charge in [-0.15, -0.1) is 11.3 Å². The van der Waals surface area contributed by atoms with Gasteiger partial charge in [0.1, 0.15) is 0 Å². The third-order valence-corrected chi connectivity index (χ3v) is 5.57. The van der Waals surface area contributed by atoms with Gasteiger partial charge in [0.25, 0.3) is 0 Å². The Labute approximate surface area is 119 Å². The van der Waals surface area contributed by atoms with Gasteiger partial charge in [-0.25, -0.2) is 4.98 Å². The molecule has 1 aromatic heterocycles. The monoisotopic (exact) mass is 280 g/mol. The molecule has 0 bridgehead atoms. The molecule has 2 aliphatic rings. The van der Waals surface area contributed by atoms with Crippen molar-refractivity contribution in [1.82, 2.24) is 4.98 Å². The van der Waals surface area contributed by atoms with Crippen molar-refractivity contribution in [2.24, 2.45) is 11.7 Å². The van der Waals surface area contributed by atoms with Crippen LogP contribution in [0.3, 0.4) is 0 Å². The highest BCUT2D eigenvalue weighted by Gasteiger charge is 2.40. The number of nitrogens with zero attached hydrogens (tertiary/aromatic N) is 1. The minimum atomic E-state index is 0.0904. The molecule has 0 aromatic carbocycles. The predicted octanol–water partition coefficient (Wildman–Crippen LogP) is 3.58. The summed E-state index contributed by atoms with van der Waals surface area (Å²) in [4.78, 5) is 4.57. The van der Waals surface area contributed by atoms with Gasteiger partial charge in [0, 0.05) is 12.0 Å². The molecule has 1 aromatic rings. The van der Waals surface area contributed by atoms with Crippen molar-refractivity contribution in [3.05, 3.63) is 16.1 Å². The molecule has 0 amide bonds. The molecule has 106 valence electrons. The van der Waals surface area contributed by atoms with Crippen LogP contribution in [0.2, 0.25) is 0 Å². The molecule has 1 aliphatic carbocycles. The van der Waals surface area contributed by atoms with E-state index in [-0.39, 0.29) is 11.6 Å². The average Bonchev–Trinajstić information content (AvgIpc) is 2.85. The fraction of sp³-hybridized carbons (Fsp3) is 0.800. The van der Waals surface area contributed by atoms with E-state index in [0.717, 1.165) is 30.2 Å². The van der Waals surface area contributed by atoms with E-state index in [2.05, 4.69) is 10.4 Å². The van der Waals surface area contributed by atoms with Gasteiger partial charge in [-0.1, -0.05) is 19.3 Å². The molecule has 1 spiro atoms. The highest BCUT2D eigenvalue weighted by molar-refractivity contribution is 7.09. The molecule has 1 aliphatic heterocycles. The Morgan fingerprint density at radius 3 is 2.89 bits per heavy atom. The number of nitrogens with two attached hydrogens (primary N) is 1. The van der Waals surface area contributed by atoms with E-state index < -0.39 is 0 Å². The second-order valence-electron chi connectivity index (χ2n) is 6.16. The smallest absolute Gasteiger partial charge is 0.0898 e. The van der Waals surface area contributed by atoms with Gasteiger partial charge in [0.15, 0.2) is 0 Å². The number of hydrogen-bond acceptors (Lipinski definition) is 4. The Hall–Kier alpha value is -0.450. The number of aryl methyl sites for hydroxylation is 1. The van der Waals surface area contributed by atoms with Gasteiger partial charge in [-0.05, 0) is 38.5 Å². The van der Waals surface area contributed by atoms with Gasteiger partial charge < -0.3 is 10.5 Å². The van der Waals surface area contributed by atoms with Crippen molar-refractivity contribution < 1.29 is 4.74 Å². The van der Waals surface area contributed by atoms with Crippen molar-refractivity contribution in [2.45, 2.75) is 63.5 Å². The van der Waals surface area contributed by atoms with Crippen LogP contribution in [-0.4, -0.2) is 17.2 Å². The quantitative estimate of drug-likeness (QED) is 0.900. The summed E-state index contributed by atoms with van der Waals surface area (Å²) in [5.41, 5.74) is 7.69. The van der Waals surface area contributed by atoms with Crippen LogP contribution in [0.1, 0.15) is 61.7 Å². The largest absolute Gasteiger partial charge is 0.375 e. The van der Waals surface area contributed by atoms with Crippen LogP contribution in [-0.2, 0) is 4.74 Å². The number of hydrogen-bond donors (Lipinski definition) is 1. The van der Waals surface area contributed by atoms with Crippen LogP contribution in [0.25, 0.3) is 0 Å². The molecule has 3 rings (SSSR count). The zero-order valence-electron chi connectivity index (χ0n) is 11.7. The topological polar surface area (TPSA) is 48.1 Å². The zero-order chi connectivity index (χ0) is 13.3. The average molecular weight is 280 g/mol. The summed E-state index contributed by atoms with van der Waals surface area (Å²) in [7, 11) is 0. The Bertz CT molecular complexity index is 420. The standard InChI is InChI=1S/C15H24N2OS/c1-11-17-13(10-19-11)14(16)12-5-8-18-15(9-12)6-3-2-4-7-15/h10,12,14H,2-9,16H2,1H3. The molecule has 2 unspecified atom stereocenters. The third-order valence-electron chi connectivity index (χ3n) is 4.78. The van der Waals surface area contributed by atoms with Crippen LogP contribution >= 0.6 is 11.3 Å². The number of aromatic nitrogens is 1. The van der Waals surface area contributed by atoms with E-state index in [0.29, 0.717) is 5.92 Å². The molecule has 3 nitrogen and oxygen atoms in total. The molecular formula is C15H24N2OS. The third kappa shape index (κ3) is 2.86. The first-order chi connectivity index (χ1) is 9.19. The van der Waals surface area contributed by atoms with Crippen LogP contribution in [0.15, 0.2) is 5.38 Å². The van der Waals surface area contributed by atoms with Gasteiger partial charge in [-0.2, -0.15) is 0 Å². The van der Waals surface area contributed by atoms with E-state index in [1.807, 2.05) is 6.92 Å². The fourth-order valence-electron chi connectivity index (χ4n) is 3.69. The normalized spacial score (nSPS) is 28.4. The van der Waals surface area contributed by atoms with E-state index in [1.165, 1.54) is 32.1 Å². The molecule has 19 heavy (non-hydrogen) atoms. The lowest BCUT2D eigenvalue weighted by Crippen LogP contribution is -2.44. The summed E-state index contributed by atoms with van der Waals surface area (Å²) in [5, 5.41) is 3.24. The van der Waals surface area contributed by atoms with Crippen LogP contribution in [0.4, 0.5) is 0 Å². The molecule has 2 fully saturated rings. The van der Waals surface area contributed by atoms with Gasteiger partial charge >= 0.3 is 0 Å². The predicted molar refractivity (Wildman–Crippen MR) is 78.3 cm³/mol. The lowest BCUT2D eigenvalue weighted by atomic mass is 9.74. The molecule has 4 heteroatoms.